The molecule has 0 amide bonds. The predicted molar refractivity (Wildman–Crippen MR) is 113 cm³/mol. The zero-order chi connectivity index (χ0) is 20.1. The molecule has 0 aliphatic heterocycles. The lowest BCUT2D eigenvalue weighted by Gasteiger charge is -2.17. The third kappa shape index (κ3) is 4.19. The van der Waals surface area contributed by atoms with E-state index in [1.807, 2.05) is 85.3 Å². The highest BCUT2D eigenvalue weighted by atomic mass is 16.5. The number of methoxy groups -OCH3 is 2. The van der Waals surface area contributed by atoms with Crippen molar-refractivity contribution in [1.82, 2.24) is 4.98 Å². The van der Waals surface area contributed by atoms with Gasteiger partial charge in [-0.05, 0) is 52.6 Å². The normalized spacial score (nSPS) is 10.4. The molecule has 0 fully saturated rings. The van der Waals surface area contributed by atoms with Crippen molar-refractivity contribution in [1.29, 1.82) is 0 Å². The summed E-state index contributed by atoms with van der Waals surface area (Å²) >= 11 is 0. The fourth-order valence-corrected chi connectivity index (χ4v) is 3.03. The number of nitrogens with zero attached hydrogens (tertiary/aromatic N) is 3. The van der Waals surface area contributed by atoms with Crippen molar-refractivity contribution < 1.29 is 14.1 Å². The van der Waals surface area contributed by atoms with Gasteiger partial charge in [-0.3, -0.25) is 0 Å². The average molecular weight is 383 g/mol. The Morgan fingerprint density at radius 2 is 1.31 bits per heavy atom. The SMILES string of the molecule is COc1ccc(-c2cnc([N-][n+]3ccccc3)c(-c3ccc(OC)cc3)c2)cc1. The first-order valence-corrected chi connectivity index (χ1v) is 9.24. The van der Waals surface area contributed by atoms with Gasteiger partial charge in [0, 0.05) is 18.0 Å². The van der Waals surface area contributed by atoms with Gasteiger partial charge < -0.3 is 14.5 Å². The summed E-state index contributed by atoms with van der Waals surface area (Å²) in [5, 5.41) is 0. The van der Waals surface area contributed by atoms with Gasteiger partial charge >= 0.3 is 0 Å². The lowest BCUT2D eigenvalue weighted by atomic mass is 10.0. The maximum atomic E-state index is 5.29. The van der Waals surface area contributed by atoms with Gasteiger partial charge in [0.05, 0.1) is 14.2 Å². The summed E-state index contributed by atoms with van der Waals surface area (Å²) in [6.45, 7) is 0. The number of aromatic nitrogens is 2. The second-order valence-corrected chi connectivity index (χ2v) is 6.41. The molecule has 0 atom stereocenters. The van der Waals surface area contributed by atoms with Crippen molar-refractivity contribution >= 4 is 5.82 Å². The van der Waals surface area contributed by atoms with Crippen LogP contribution >= 0.6 is 0 Å². The second-order valence-electron chi connectivity index (χ2n) is 6.41. The summed E-state index contributed by atoms with van der Waals surface area (Å²) in [7, 11) is 3.32. The number of benzene rings is 2. The number of hydrogen-bond acceptors (Lipinski definition) is 3. The van der Waals surface area contributed by atoms with E-state index in [0.717, 1.165) is 33.8 Å². The van der Waals surface area contributed by atoms with E-state index in [2.05, 4.69) is 16.5 Å². The highest BCUT2D eigenvalue weighted by Crippen LogP contribution is 2.35. The van der Waals surface area contributed by atoms with E-state index in [9.17, 15) is 0 Å². The highest BCUT2D eigenvalue weighted by molar-refractivity contribution is 5.81. The standard InChI is InChI=1S/C24H21N3O2/c1-28-21-10-6-18(7-11-21)20-16-23(19-8-12-22(29-2)13-9-19)24(25-17-20)26-27-14-4-3-5-15-27/h3-17H,1-2H3. The highest BCUT2D eigenvalue weighted by Gasteiger charge is 2.08. The van der Waals surface area contributed by atoms with Crippen LogP contribution in [0.3, 0.4) is 0 Å². The zero-order valence-electron chi connectivity index (χ0n) is 16.3. The Kier molecular flexibility index (Phi) is 5.38. The van der Waals surface area contributed by atoms with Crippen LogP contribution in [0.1, 0.15) is 0 Å². The van der Waals surface area contributed by atoms with Gasteiger partial charge in [0.25, 0.3) is 0 Å². The van der Waals surface area contributed by atoms with Gasteiger partial charge in [-0.1, -0.05) is 36.5 Å². The molecule has 0 aliphatic carbocycles. The quantitative estimate of drug-likeness (QED) is 0.431. The topological polar surface area (TPSA) is 49.3 Å². The van der Waals surface area contributed by atoms with Crippen molar-refractivity contribution in [2.24, 2.45) is 0 Å². The summed E-state index contributed by atoms with van der Waals surface area (Å²) in [5.74, 6) is 2.27. The predicted octanol–water partition coefficient (Wildman–Crippen LogP) is 5.19. The summed E-state index contributed by atoms with van der Waals surface area (Å²) in [6.07, 6.45) is 5.62. The van der Waals surface area contributed by atoms with Gasteiger partial charge in [-0.15, -0.1) is 0 Å². The maximum absolute atomic E-state index is 5.29. The molecular formula is C24H21N3O2. The first-order valence-electron chi connectivity index (χ1n) is 9.24. The van der Waals surface area contributed by atoms with Gasteiger partial charge in [0.1, 0.15) is 11.5 Å². The van der Waals surface area contributed by atoms with Crippen LogP contribution in [0.4, 0.5) is 5.82 Å². The first kappa shape index (κ1) is 18.5. The monoisotopic (exact) mass is 383 g/mol. The number of pyridine rings is 2. The Balaban J connectivity index is 1.77. The van der Waals surface area contributed by atoms with Crippen LogP contribution in [-0.4, -0.2) is 19.2 Å². The van der Waals surface area contributed by atoms with Gasteiger partial charge in [-0.25, -0.2) is 0 Å². The molecule has 0 aliphatic rings. The third-order valence-corrected chi connectivity index (χ3v) is 4.60. The Hall–Kier alpha value is -3.86. The molecule has 0 radical (unpaired) electrons. The molecule has 5 nitrogen and oxygen atoms in total. The van der Waals surface area contributed by atoms with E-state index in [0.29, 0.717) is 5.82 Å². The summed E-state index contributed by atoms with van der Waals surface area (Å²) in [6, 6.07) is 23.8. The lowest BCUT2D eigenvalue weighted by Crippen LogP contribution is -2.26. The van der Waals surface area contributed by atoms with Crippen LogP contribution in [0.15, 0.2) is 91.4 Å². The van der Waals surface area contributed by atoms with Crippen LogP contribution in [0, 0.1) is 0 Å². The molecule has 4 aromatic rings. The van der Waals surface area contributed by atoms with Crippen LogP contribution in [-0.2, 0) is 0 Å². The third-order valence-electron chi connectivity index (χ3n) is 4.60. The first-order chi connectivity index (χ1) is 14.3. The number of ether oxygens (including phenoxy) is 2. The minimum Gasteiger partial charge on any atom is -0.497 e. The molecule has 0 spiro atoms. The van der Waals surface area contributed by atoms with E-state index >= 15 is 0 Å². The molecule has 144 valence electrons. The summed E-state index contributed by atoms with van der Waals surface area (Å²) < 4.78 is 12.3. The van der Waals surface area contributed by atoms with E-state index in [4.69, 9.17) is 9.47 Å². The summed E-state index contributed by atoms with van der Waals surface area (Å²) in [5.41, 5.74) is 8.71. The minimum atomic E-state index is 0.642. The number of hydrogen-bond donors (Lipinski definition) is 0. The fourth-order valence-electron chi connectivity index (χ4n) is 3.03. The molecular weight excluding hydrogens is 362 g/mol. The molecule has 2 heterocycles. The largest absolute Gasteiger partial charge is 0.497 e. The van der Waals surface area contributed by atoms with Gasteiger partial charge in [-0.2, -0.15) is 10.1 Å². The molecule has 2 aromatic carbocycles. The Morgan fingerprint density at radius 1 is 0.724 bits per heavy atom. The summed E-state index contributed by atoms with van der Waals surface area (Å²) in [4.78, 5) is 4.66. The van der Waals surface area contributed by atoms with Crippen molar-refractivity contribution in [2.45, 2.75) is 0 Å². The van der Waals surface area contributed by atoms with E-state index < -0.39 is 0 Å². The van der Waals surface area contributed by atoms with Crippen molar-refractivity contribution in [2.75, 3.05) is 14.2 Å². The molecule has 5 heteroatoms. The molecule has 0 N–H and O–H groups in total. The van der Waals surface area contributed by atoms with E-state index in [1.54, 1.807) is 18.9 Å². The van der Waals surface area contributed by atoms with Crippen LogP contribution in [0.2, 0.25) is 0 Å². The molecule has 29 heavy (non-hydrogen) atoms. The lowest BCUT2D eigenvalue weighted by molar-refractivity contribution is -0.619. The Morgan fingerprint density at radius 3 is 1.90 bits per heavy atom. The molecule has 0 bridgehead atoms. The van der Waals surface area contributed by atoms with Crippen LogP contribution in [0.5, 0.6) is 11.5 Å². The van der Waals surface area contributed by atoms with Crippen molar-refractivity contribution in [3.8, 4) is 33.8 Å². The van der Waals surface area contributed by atoms with Gasteiger partial charge in [0.2, 0.25) is 0 Å². The molecule has 0 unspecified atom stereocenters. The molecule has 2 aromatic heterocycles. The molecule has 0 saturated heterocycles. The second kappa shape index (κ2) is 8.44. The smallest absolute Gasteiger partial charge is 0.182 e. The number of rotatable bonds is 6. The zero-order valence-corrected chi connectivity index (χ0v) is 16.3. The van der Waals surface area contributed by atoms with E-state index in [1.165, 1.54) is 0 Å². The molecule has 4 rings (SSSR count). The molecule has 0 saturated carbocycles. The van der Waals surface area contributed by atoms with E-state index in [-0.39, 0.29) is 0 Å². The Bertz CT molecular complexity index is 1080. The van der Waals surface area contributed by atoms with Gasteiger partial charge in [0.15, 0.2) is 12.4 Å². The Labute approximate surface area is 170 Å². The van der Waals surface area contributed by atoms with Crippen molar-refractivity contribution in [3.05, 3.63) is 96.8 Å². The van der Waals surface area contributed by atoms with Crippen LogP contribution in [0.25, 0.3) is 27.7 Å². The van der Waals surface area contributed by atoms with Crippen LogP contribution < -0.4 is 14.1 Å². The average Bonchev–Trinajstić information content (AvgIpc) is 2.80. The minimum absolute atomic E-state index is 0.642. The fraction of sp³-hybridized carbons (Fsp3) is 0.0833. The maximum Gasteiger partial charge on any atom is 0.182 e. The van der Waals surface area contributed by atoms with Crippen molar-refractivity contribution in [3.63, 3.8) is 0 Å².